The maximum absolute atomic E-state index is 13.3. The van der Waals surface area contributed by atoms with Gasteiger partial charge in [0.05, 0.1) is 19.9 Å². The van der Waals surface area contributed by atoms with Gasteiger partial charge in [0.1, 0.15) is 18.0 Å². The molecule has 1 aromatic heterocycles. The molecule has 1 N–H and O–H groups in total. The van der Waals surface area contributed by atoms with E-state index in [4.69, 9.17) is 18.9 Å². The number of hydrogen-bond donors (Lipinski definition) is 1. The number of aromatic nitrogens is 2. The van der Waals surface area contributed by atoms with Crippen molar-refractivity contribution in [1.29, 1.82) is 0 Å². The summed E-state index contributed by atoms with van der Waals surface area (Å²) in [5.74, 6) is 1.50. The number of carbonyl (C=O) groups is 1. The van der Waals surface area contributed by atoms with Crippen LogP contribution < -0.4 is 24.3 Å². The van der Waals surface area contributed by atoms with Crippen molar-refractivity contribution in [2.45, 2.75) is 12.3 Å². The molecule has 8 nitrogen and oxygen atoms in total. The number of hydrogen-bond acceptors (Lipinski definition) is 6. The fourth-order valence-corrected chi connectivity index (χ4v) is 3.92. The van der Waals surface area contributed by atoms with E-state index >= 15 is 0 Å². The number of anilines is 1. The molecule has 30 heavy (non-hydrogen) atoms. The van der Waals surface area contributed by atoms with Gasteiger partial charge in [0.2, 0.25) is 24.2 Å². The largest absolute Gasteiger partial charge is 0.493 e. The smallest absolute Gasteiger partial charge is 0.231 e. The Hall–Kier alpha value is -3.75. The Kier molecular flexibility index (Phi) is 4.23. The molecule has 2 aromatic carbocycles. The van der Waals surface area contributed by atoms with Crippen LogP contribution in [0.25, 0.3) is 5.69 Å². The van der Waals surface area contributed by atoms with Crippen LogP contribution in [0.15, 0.2) is 36.7 Å². The number of methoxy groups -OCH3 is 2. The second-order valence-electron chi connectivity index (χ2n) is 6.90. The number of amides is 1. The first kappa shape index (κ1) is 18.3. The Balaban J connectivity index is 1.66. The number of fused-ring (bicyclic) bond motifs is 2. The molecular formula is C21H18FN3O5. The fraction of sp³-hybridized carbons (Fsp3) is 0.238. The van der Waals surface area contributed by atoms with Crippen molar-refractivity contribution in [3.63, 3.8) is 0 Å². The van der Waals surface area contributed by atoms with E-state index in [-0.39, 0.29) is 24.9 Å². The van der Waals surface area contributed by atoms with E-state index in [2.05, 4.69) is 10.3 Å². The van der Waals surface area contributed by atoms with Crippen molar-refractivity contribution in [3.8, 4) is 28.7 Å². The number of rotatable bonds is 4. The third kappa shape index (κ3) is 2.73. The van der Waals surface area contributed by atoms with Crippen molar-refractivity contribution >= 4 is 11.7 Å². The molecular weight excluding hydrogens is 393 g/mol. The second-order valence-corrected chi connectivity index (χ2v) is 6.90. The Morgan fingerprint density at radius 1 is 1.17 bits per heavy atom. The van der Waals surface area contributed by atoms with E-state index in [1.54, 1.807) is 29.1 Å². The molecule has 1 atom stereocenters. The quantitative estimate of drug-likeness (QED) is 0.710. The van der Waals surface area contributed by atoms with Crippen LogP contribution in [0.2, 0.25) is 0 Å². The SMILES string of the molecule is COc1cc([C@@H]2CC(=O)Nc3c2ncn3-c2ccc(F)cc2)c(OC)c2c1OCO2. The molecule has 2 aliphatic heterocycles. The predicted molar refractivity (Wildman–Crippen MR) is 104 cm³/mol. The molecule has 0 unspecified atom stereocenters. The van der Waals surface area contributed by atoms with Crippen LogP contribution in [-0.4, -0.2) is 36.5 Å². The lowest BCUT2D eigenvalue weighted by Crippen LogP contribution is -2.25. The summed E-state index contributed by atoms with van der Waals surface area (Å²) in [6.07, 6.45) is 1.78. The second kappa shape index (κ2) is 6.94. The average Bonchev–Trinajstić information content (AvgIpc) is 3.40. The van der Waals surface area contributed by atoms with Gasteiger partial charge in [-0.15, -0.1) is 0 Å². The number of halogens is 1. The number of imidazole rings is 1. The van der Waals surface area contributed by atoms with Gasteiger partial charge >= 0.3 is 0 Å². The van der Waals surface area contributed by atoms with E-state index in [0.717, 1.165) is 0 Å². The van der Waals surface area contributed by atoms with Crippen molar-refractivity contribution in [1.82, 2.24) is 9.55 Å². The standard InChI is InChI=1S/C21H18FN3O5/c1-27-15-7-14(18(28-2)20-19(15)29-10-30-20)13-8-16(26)24-21-17(13)23-9-25(21)12-5-3-11(22)4-6-12/h3-7,9,13H,8,10H2,1-2H3,(H,24,26)/t13-/m0/s1. The summed E-state index contributed by atoms with van der Waals surface area (Å²) in [6.45, 7) is 0.0566. The van der Waals surface area contributed by atoms with Gasteiger partial charge in [-0.1, -0.05) is 0 Å². The van der Waals surface area contributed by atoms with Gasteiger partial charge in [0, 0.05) is 23.6 Å². The summed E-state index contributed by atoms with van der Waals surface area (Å²) in [7, 11) is 3.07. The normalized spacial score (nSPS) is 16.8. The van der Waals surface area contributed by atoms with Gasteiger partial charge in [0.15, 0.2) is 11.5 Å². The summed E-state index contributed by atoms with van der Waals surface area (Å²) in [5.41, 5.74) is 2.05. The maximum atomic E-state index is 13.3. The van der Waals surface area contributed by atoms with Crippen molar-refractivity contribution in [2.24, 2.45) is 0 Å². The number of nitrogens with zero attached hydrogens (tertiary/aromatic N) is 2. The lowest BCUT2D eigenvalue weighted by molar-refractivity contribution is -0.116. The minimum absolute atomic E-state index is 0.0566. The summed E-state index contributed by atoms with van der Waals surface area (Å²) in [6, 6.07) is 7.75. The topological polar surface area (TPSA) is 83.8 Å². The zero-order valence-electron chi connectivity index (χ0n) is 16.3. The van der Waals surface area contributed by atoms with E-state index in [0.29, 0.717) is 45.8 Å². The molecule has 5 rings (SSSR count). The van der Waals surface area contributed by atoms with Crippen LogP contribution in [0.5, 0.6) is 23.0 Å². The summed E-state index contributed by atoms with van der Waals surface area (Å²) >= 11 is 0. The zero-order valence-corrected chi connectivity index (χ0v) is 16.3. The van der Waals surface area contributed by atoms with Crippen LogP contribution in [-0.2, 0) is 4.79 Å². The van der Waals surface area contributed by atoms with Crippen LogP contribution >= 0.6 is 0 Å². The van der Waals surface area contributed by atoms with Gasteiger partial charge in [-0.3, -0.25) is 9.36 Å². The van der Waals surface area contributed by atoms with Gasteiger partial charge in [0.25, 0.3) is 0 Å². The minimum Gasteiger partial charge on any atom is -0.493 e. The molecule has 154 valence electrons. The Labute approximate surface area is 171 Å². The van der Waals surface area contributed by atoms with Gasteiger partial charge in [-0.25, -0.2) is 9.37 Å². The fourth-order valence-electron chi connectivity index (χ4n) is 3.92. The molecule has 3 aromatic rings. The molecule has 0 saturated heterocycles. The third-order valence-corrected chi connectivity index (χ3v) is 5.27. The number of ether oxygens (including phenoxy) is 4. The highest BCUT2D eigenvalue weighted by molar-refractivity contribution is 5.94. The molecule has 0 bridgehead atoms. The minimum atomic E-state index is -0.395. The summed E-state index contributed by atoms with van der Waals surface area (Å²) < 4.78 is 37.3. The molecule has 0 aliphatic carbocycles. The van der Waals surface area contributed by atoms with E-state index in [9.17, 15) is 9.18 Å². The number of benzene rings is 2. The van der Waals surface area contributed by atoms with E-state index < -0.39 is 5.92 Å². The Morgan fingerprint density at radius 3 is 2.67 bits per heavy atom. The Bertz CT molecular complexity index is 1140. The van der Waals surface area contributed by atoms with Crippen LogP contribution in [0.1, 0.15) is 23.6 Å². The monoisotopic (exact) mass is 411 g/mol. The number of nitrogens with one attached hydrogen (secondary N) is 1. The third-order valence-electron chi connectivity index (χ3n) is 5.27. The van der Waals surface area contributed by atoms with Crippen LogP contribution in [0, 0.1) is 5.82 Å². The molecule has 0 radical (unpaired) electrons. The lowest BCUT2D eigenvalue weighted by Gasteiger charge is -2.25. The average molecular weight is 411 g/mol. The molecule has 0 spiro atoms. The first-order valence-electron chi connectivity index (χ1n) is 9.28. The zero-order chi connectivity index (χ0) is 20.8. The molecule has 2 aliphatic rings. The lowest BCUT2D eigenvalue weighted by atomic mass is 9.88. The van der Waals surface area contributed by atoms with Crippen molar-refractivity contribution < 1.29 is 28.1 Å². The first-order chi connectivity index (χ1) is 14.6. The first-order valence-corrected chi connectivity index (χ1v) is 9.28. The Morgan fingerprint density at radius 2 is 1.93 bits per heavy atom. The molecule has 0 saturated carbocycles. The maximum Gasteiger partial charge on any atom is 0.231 e. The number of carbonyl (C=O) groups excluding carboxylic acids is 1. The van der Waals surface area contributed by atoms with Gasteiger partial charge in [-0.05, 0) is 30.3 Å². The predicted octanol–water partition coefficient (Wildman–Crippen LogP) is 3.23. The molecule has 0 fully saturated rings. The van der Waals surface area contributed by atoms with Gasteiger partial charge in [-0.2, -0.15) is 0 Å². The van der Waals surface area contributed by atoms with Crippen molar-refractivity contribution in [3.05, 3.63) is 53.7 Å². The molecule has 1 amide bonds. The highest BCUT2D eigenvalue weighted by Crippen LogP contribution is 2.53. The highest BCUT2D eigenvalue weighted by Gasteiger charge is 2.36. The van der Waals surface area contributed by atoms with E-state index in [1.807, 2.05) is 0 Å². The summed E-state index contributed by atoms with van der Waals surface area (Å²) in [5, 5.41) is 2.88. The summed E-state index contributed by atoms with van der Waals surface area (Å²) in [4.78, 5) is 17.2. The molecule has 3 heterocycles. The highest BCUT2D eigenvalue weighted by atomic mass is 19.1. The van der Waals surface area contributed by atoms with Crippen LogP contribution in [0.3, 0.4) is 0 Å². The van der Waals surface area contributed by atoms with Crippen LogP contribution in [0.4, 0.5) is 10.2 Å². The van der Waals surface area contributed by atoms with Gasteiger partial charge < -0.3 is 24.3 Å². The molecule has 9 heteroatoms. The van der Waals surface area contributed by atoms with E-state index in [1.165, 1.54) is 26.4 Å². The van der Waals surface area contributed by atoms with Crippen molar-refractivity contribution in [2.75, 3.05) is 26.3 Å².